The molecule has 0 aliphatic carbocycles. The molecule has 2 bridgehead atoms. The molecule has 0 radical (unpaired) electrons. The molecule has 5 rings (SSSR count). The minimum atomic E-state index is -2.68. The van der Waals surface area contributed by atoms with Crippen molar-refractivity contribution in [1.82, 2.24) is 5.32 Å². The number of carboxylic acids is 1. The number of nitrogens with one attached hydrogen (secondary N) is 1. The van der Waals surface area contributed by atoms with E-state index in [1.165, 1.54) is 25.2 Å². The Labute approximate surface area is 342 Å². The normalized spacial score (nSPS) is 41.2. The van der Waals surface area contributed by atoms with Gasteiger partial charge in [0.2, 0.25) is 0 Å². The summed E-state index contributed by atoms with van der Waals surface area (Å²) in [5.41, 5.74) is 0.425. The highest BCUT2D eigenvalue weighted by molar-refractivity contribution is 7.45. The molecule has 4 aliphatic heterocycles. The molecule has 58 heavy (non-hydrogen) atoms. The minimum absolute atomic E-state index is 0.0395. The van der Waals surface area contributed by atoms with Gasteiger partial charge >= 0.3 is 11.9 Å². The number of cyclic esters (lactones) is 1. The second-order valence-corrected chi connectivity index (χ2v) is 16.6. The van der Waals surface area contributed by atoms with Crippen molar-refractivity contribution in [3.05, 3.63) is 95.6 Å². The van der Waals surface area contributed by atoms with Crippen molar-refractivity contribution in [3.63, 3.8) is 0 Å². The van der Waals surface area contributed by atoms with Crippen LogP contribution in [0.3, 0.4) is 0 Å². The number of fused-ring (bicyclic) bond motifs is 3. The maximum atomic E-state index is 12.5. The lowest BCUT2D eigenvalue weighted by Crippen LogP contribution is -2.63. The number of rotatable bonds is 7. The Bertz CT molecular complexity index is 1680. The number of carbonyl (C=O) groups excluding carboxylic acids is 1. The monoisotopic (exact) mass is 853 g/mol. The van der Waals surface area contributed by atoms with Crippen LogP contribution in [0.1, 0.15) is 57.3 Å². The second kappa shape index (κ2) is 21.1. The van der Waals surface area contributed by atoms with Gasteiger partial charge in [0.1, 0.15) is 30.0 Å². The predicted octanol–water partition coefficient (Wildman–Crippen LogP) is 2.40. The number of benzene rings is 1. The zero-order valence-electron chi connectivity index (χ0n) is 32.0. The fourth-order valence-corrected chi connectivity index (χ4v) is 8.16. The van der Waals surface area contributed by atoms with Crippen molar-refractivity contribution in [2.24, 2.45) is 5.92 Å². The summed E-state index contributed by atoms with van der Waals surface area (Å²) < 4.78 is 29.1. The topological polar surface area (TPSA) is 257 Å². The lowest BCUT2D eigenvalue weighted by atomic mass is 9.83. The van der Waals surface area contributed by atoms with Crippen molar-refractivity contribution >= 4 is 31.9 Å². The number of aliphatic hydroxyl groups is 5. The predicted molar refractivity (Wildman–Crippen MR) is 210 cm³/mol. The number of ether oxygens (including phenoxy) is 5. The van der Waals surface area contributed by atoms with Gasteiger partial charge in [0, 0.05) is 43.2 Å². The molecule has 9 N–H and O–H groups in total. The van der Waals surface area contributed by atoms with Crippen LogP contribution >= 0.6 is 20.0 Å². The van der Waals surface area contributed by atoms with Crippen LogP contribution in [0.5, 0.6) is 0 Å². The molecule has 3 saturated heterocycles. The highest BCUT2D eigenvalue weighted by atomic mass is 35.5. The SMILES string of the molecule is C[C@@H]1C/C=C/C=C/C=C/C=C/[C@H](O[C@@H]2O[C@H](C)[C@@H](O)[C@H](NC(c3ccc(Cl)cc3)P(O)O)[C@@H]2O)C[C@@H]2O[C@](O)(C[C@@H](O)C[C@H]3O[C@@H]3/C=C/C(=O)O1)C[C@H](O)[C@H]2C(=O)O. The highest BCUT2D eigenvalue weighted by Gasteiger charge is 2.52. The first-order valence-corrected chi connectivity index (χ1v) is 20.8. The number of aliphatic carboxylic acids is 1. The van der Waals surface area contributed by atoms with E-state index in [1.807, 2.05) is 6.08 Å². The smallest absolute Gasteiger partial charge is 0.330 e. The number of carboxylic acid groups (broad SMARTS) is 1. The van der Waals surface area contributed by atoms with Crippen molar-refractivity contribution in [2.75, 3.05) is 0 Å². The molecule has 1 aromatic rings. The second-order valence-electron chi connectivity index (χ2n) is 15.0. The van der Waals surface area contributed by atoms with Crippen LogP contribution in [0, 0.1) is 5.92 Å². The number of aliphatic hydroxyl groups excluding tert-OH is 4. The van der Waals surface area contributed by atoms with Gasteiger partial charge in [-0.15, -0.1) is 0 Å². The zero-order chi connectivity index (χ0) is 42.1. The molecular formula is C40H53ClNO15P. The lowest BCUT2D eigenvalue weighted by Gasteiger charge is -2.46. The summed E-state index contributed by atoms with van der Waals surface area (Å²) in [7, 11) is -2.68. The third kappa shape index (κ3) is 13.0. The van der Waals surface area contributed by atoms with E-state index in [-0.39, 0.29) is 12.8 Å². The van der Waals surface area contributed by atoms with E-state index >= 15 is 0 Å². The van der Waals surface area contributed by atoms with E-state index < -0.39 is 124 Å². The number of halogens is 1. The summed E-state index contributed by atoms with van der Waals surface area (Å²) in [5.74, 6) is -6.78. The maximum absolute atomic E-state index is 12.5. The van der Waals surface area contributed by atoms with Crippen LogP contribution in [0.2, 0.25) is 5.02 Å². The van der Waals surface area contributed by atoms with Gasteiger partial charge in [-0.3, -0.25) is 10.1 Å². The van der Waals surface area contributed by atoms with Crippen LogP contribution in [0.15, 0.2) is 85.0 Å². The quantitative estimate of drug-likeness (QED) is 0.108. The van der Waals surface area contributed by atoms with Gasteiger partial charge in [0.15, 0.2) is 20.5 Å². The molecule has 16 nitrogen and oxygen atoms in total. The van der Waals surface area contributed by atoms with Gasteiger partial charge in [0.25, 0.3) is 0 Å². The number of esters is 1. The molecule has 0 spiro atoms. The van der Waals surface area contributed by atoms with Crippen molar-refractivity contribution in [2.45, 2.75) is 131 Å². The molecule has 0 aromatic heterocycles. The fraction of sp³-hybridized carbons (Fsp3) is 0.550. The molecule has 4 aliphatic rings. The Kier molecular flexibility index (Phi) is 16.8. The maximum Gasteiger partial charge on any atom is 0.330 e. The zero-order valence-corrected chi connectivity index (χ0v) is 33.6. The summed E-state index contributed by atoms with van der Waals surface area (Å²) in [5, 5.41) is 69.8. The Balaban J connectivity index is 1.41. The molecule has 0 amide bonds. The Hall–Kier alpha value is -2.90. The van der Waals surface area contributed by atoms with E-state index in [0.717, 1.165) is 0 Å². The van der Waals surface area contributed by atoms with Crippen molar-refractivity contribution in [3.8, 4) is 0 Å². The third-order valence-electron chi connectivity index (χ3n) is 10.3. The highest BCUT2D eigenvalue weighted by Crippen LogP contribution is 2.44. The number of allylic oxidation sites excluding steroid dienone is 6. The lowest BCUT2D eigenvalue weighted by molar-refractivity contribution is -0.309. The number of carbonyl (C=O) groups is 2. The molecule has 1 unspecified atom stereocenters. The van der Waals surface area contributed by atoms with Crippen LogP contribution in [0.25, 0.3) is 0 Å². The average molecular weight is 854 g/mol. The molecule has 4 heterocycles. The Morgan fingerprint density at radius 3 is 2.31 bits per heavy atom. The van der Waals surface area contributed by atoms with Gasteiger partial charge in [-0.2, -0.15) is 0 Å². The molecule has 320 valence electrons. The number of hydrogen-bond acceptors (Lipinski definition) is 15. The standard InChI is InChI=1S/C40H53ClNO15P/c1-22-10-8-6-4-3-5-7-9-11-27(55-39-36(47)34(35(46)23(2)54-39)42-37(58(51)52)24-12-14-25(41)15-13-24)19-31-33(38(48)49)28(44)21-40(50,57-31)20-26(43)18-30-29(56-30)16-17-32(45)53-22/h3-9,11-17,22-23,26-31,33-37,39,42-44,46-47,50-52H,10,18-21H2,1-2H3,(H,48,49)/b4-3+,7-5+,8-6+,11-9+,17-16+/t22-,23-,26+,27+,28+,29-,30-,31+,33-,34+,35-,36+,37?,39+,40-/m1/s1. The van der Waals surface area contributed by atoms with E-state index in [9.17, 15) is 50.0 Å². The molecule has 15 atom stereocenters. The van der Waals surface area contributed by atoms with E-state index in [0.29, 0.717) is 17.0 Å². The minimum Gasteiger partial charge on any atom is -0.481 e. The van der Waals surface area contributed by atoms with Gasteiger partial charge in [0.05, 0.1) is 48.8 Å². The Morgan fingerprint density at radius 2 is 1.62 bits per heavy atom. The van der Waals surface area contributed by atoms with Gasteiger partial charge in [-0.25, -0.2) is 4.79 Å². The third-order valence-corrected chi connectivity index (χ3v) is 11.5. The van der Waals surface area contributed by atoms with Crippen LogP contribution in [-0.4, -0.2) is 132 Å². The molecular weight excluding hydrogens is 801 g/mol. The molecule has 18 heteroatoms. The van der Waals surface area contributed by atoms with Crippen molar-refractivity contribution < 1.29 is 73.7 Å². The summed E-state index contributed by atoms with van der Waals surface area (Å²) in [6.07, 6.45) is 3.57. The molecule has 0 saturated carbocycles. The molecule has 1 aromatic carbocycles. The van der Waals surface area contributed by atoms with E-state index in [4.69, 9.17) is 35.3 Å². The summed E-state index contributed by atoms with van der Waals surface area (Å²) in [6, 6.07) is 5.03. The summed E-state index contributed by atoms with van der Waals surface area (Å²) in [6.45, 7) is 3.29. The van der Waals surface area contributed by atoms with E-state index in [2.05, 4.69) is 5.32 Å². The number of hydrogen-bond donors (Lipinski definition) is 9. The molecule has 3 fully saturated rings. The van der Waals surface area contributed by atoms with Crippen LogP contribution < -0.4 is 5.32 Å². The van der Waals surface area contributed by atoms with Crippen molar-refractivity contribution in [1.29, 1.82) is 0 Å². The first-order valence-electron chi connectivity index (χ1n) is 19.1. The number of epoxide rings is 1. The van der Waals surface area contributed by atoms with E-state index in [1.54, 1.807) is 67.6 Å². The first-order chi connectivity index (χ1) is 27.5. The average Bonchev–Trinajstić information content (AvgIpc) is 3.88. The fourth-order valence-electron chi connectivity index (χ4n) is 7.29. The summed E-state index contributed by atoms with van der Waals surface area (Å²) in [4.78, 5) is 45.4. The van der Waals surface area contributed by atoms with Gasteiger partial charge < -0.3 is 64.1 Å². The van der Waals surface area contributed by atoms with Crippen LogP contribution in [-0.2, 0) is 33.3 Å². The first kappa shape index (κ1) is 46.2. The largest absolute Gasteiger partial charge is 0.481 e. The Morgan fingerprint density at radius 1 is 0.931 bits per heavy atom. The van der Waals surface area contributed by atoms with Crippen LogP contribution in [0.4, 0.5) is 0 Å². The van der Waals surface area contributed by atoms with Gasteiger partial charge in [-0.05, 0) is 37.6 Å². The van der Waals surface area contributed by atoms with Gasteiger partial charge in [-0.1, -0.05) is 72.3 Å². The summed E-state index contributed by atoms with van der Waals surface area (Å²) >= 11 is 6.02.